The maximum Gasteiger partial charge on any atom is 0.159 e. The lowest BCUT2D eigenvalue weighted by atomic mass is 9.87. The Bertz CT molecular complexity index is 665. The van der Waals surface area contributed by atoms with E-state index in [1.165, 1.54) is 19.3 Å². The Morgan fingerprint density at radius 2 is 2.14 bits per heavy atom. The minimum atomic E-state index is -0.0847. The molecule has 1 aliphatic rings. The molecule has 1 aliphatic carbocycles. The average molecular weight is 309 g/mol. The zero-order valence-electron chi connectivity index (χ0n) is 13.6. The summed E-state index contributed by atoms with van der Waals surface area (Å²) in [5, 5.41) is 4.55. The van der Waals surface area contributed by atoms with Gasteiger partial charge in [0.25, 0.3) is 0 Å². The van der Waals surface area contributed by atoms with Crippen LogP contribution in [0, 0.1) is 12.3 Å². The molecular weight excluding hydrogens is 284 g/mol. The van der Waals surface area contributed by atoms with Crippen LogP contribution >= 0.6 is 11.6 Å². The van der Waals surface area contributed by atoms with Gasteiger partial charge in [-0.2, -0.15) is 5.10 Å². The molecule has 4 nitrogen and oxygen atoms in total. The maximum absolute atomic E-state index is 6.44. The first kappa shape index (κ1) is 14.9. The van der Waals surface area contributed by atoms with Gasteiger partial charge in [0.1, 0.15) is 11.3 Å². The quantitative estimate of drug-likeness (QED) is 0.776. The third-order valence-corrected chi connectivity index (χ3v) is 5.13. The average Bonchev–Trinajstić information content (AvgIpc) is 3.03. The van der Waals surface area contributed by atoms with Crippen LogP contribution in [0.2, 0.25) is 0 Å². The molecule has 21 heavy (non-hydrogen) atoms. The SMILES string of the molecule is CCn1nc(C)c2nc(C(C)Cl)n(C3CCCC3(C)C)c21. The molecule has 0 aliphatic heterocycles. The topological polar surface area (TPSA) is 35.6 Å². The summed E-state index contributed by atoms with van der Waals surface area (Å²) < 4.78 is 4.47. The summed E-state index contributed by atoms with van der Waals surface area (Å²) >= 11 is 6.44. The van der Waals surface area contributed by atoms with Crippen LogP contribution < -0.4 is 0 Å². The lowest BCUT2D eigenvalue weighted by Gasteiger charge is -2.30. The summed E-state index contributed by atoms with van der Waals surface area (Å²) in [5.41, 5.74) is 3.45. The van der Waals surface area contributed by atoms with Crippen LogP contribution in [-0.4, -0.2) is 19.3 Å². The number of imidazole rings is 1. The Labute approximate surface area is 131 Å². The van der Waals surface area contributed by atoms with Crippen LogP contribution in [0.4, 0.5) is 0 Å². The lowest BCUT2D eigenvalue weighted by molar-refractivity contribution is 0.258. The highest BCUT2D eigenvalue weighted by molar-refractivity contribution is 6.20. The van der Waals surface area contributed by atoms with Crippen molar-refractivity contribution in [1.29, 1.82) is 0 Å². The monoisotopic (exact) mass is 308 g/mol. The fraction of sp³-hybridized carbons (Fsp3) is 0.750. The standard InChI is InChI=1S/C16H25ClN4/c1-6-20-15-13(11(3)19-20)18-14(10(2)17)21(15)12-8-7-9-16(12,4)5/h10,12H,6-9H2,1-5H3. The molecule has 0 radical (unpaired) electrons. The largest absolute Gasteiger partial charge is 0.308 e. The van der Waals surface area contributed by atoms with Crippen molar-refractivity contribution in [2.45, 2.75) is 71.8 Å². The number of nitrogens with zero attached hydrogens (tertiary/aromatic N) is 4. The van der Waals surface area contributed by atoms with Crippen molar-refractivity contribution in [1.82, 2.24) is 19.3 Å². The number of fused-ring (bicyclic) bond motifs is 1. The van der Waals surface area contributed by atoms with E-state index in [9.17, 15) is 0 Å². The fourth-order valence-corrected chi connectivity index (χ4v) is 3.96. The van der Waals surface area contributed by atoms with E-state index in [1.807, 2.05) is 13.8 Å². The third kappa shape index (κ3) is 2.19. The highest BCUT2D eigenvalue weighted by Crippen LogP contribution is 2.48. The lowest BCUT2D eigenvalue weighted by Crippen LogP contribution is -2.24. The molecule has 0 aromatic carbocycles. The summed E-state index contributed by atoms with van der Waals surface area (Å²) in [5.74, 6) is 0.995. The minimum absolute atomic E-state index is 0.0847. The van der Waals surface area contributed by atoms with Gasteiger partial charge in [0, 0.05) is 12.6 Å². The first-order chi connectivity index (χ1) is 9.86. The Kier molecular flexibility index (Phi) is 3.55. The minimum Gasteiger partial charge on any atom is -0.308 e. The van der Waals surface area contributed by atoms with E-state index in [1.54, 1.807) is 0 Å². The van der Waals surface area contributed by atoms with Crippen molar-refractivity contribution >= 4 is 22.8 Å². The molecule has 0 saturated heterocycles. The van der Waals surface area contributed by atoms with Gasteiger partial charge < -0.3 is 4.57 Å². The van der Waals surface area contributed by atoms with Gasteiger partial charge in [0.15, 0.2) is 5.65 Å². The zero-order chi connectivity index (χ0) is 15.4. The predicted octanol–water partition coefficient (Wildman–Crippen LogP) is 4.61. The molecule has 2 heterocycles. The van der Waals surface area contributed by atoms with E-state index in [0.717, 1.165) is 29.2 Å². The Morgan fingerprint density at radius 3 is 2.67 bits per heavy atom. The third-order valence-electron chi connectivity index (χ3n) is 4.94. The summed E-state index contributed by atoms with van der Waals surface area (Å²) in [7, 11) is 0. The highest BCUT2D eigenvalue weighted by Gasteiger charge is 2.39. The van der Waals surface area contributed by atoms with E-state index in [-0.39, 0.29) is 10.8 Å². The second-order valence-electron chi connectivity index (χ2n) is 6.93. The van der Waals surface area contributed by atoms with Crippen molar-refractivity contribution in [3.05, 3.63) is 11.5 Å². The number of alkyl halides is 1. The Hall–Kier alpha value is -1.03. The number of rotatable bonds is 3. The molecule has 0 amide bonds. The maximum atomic E-state index is 6.44. The van der Waals surface area contributed by atoms with Gasteiger partial charge in [-0.1, -0.05) is 20.3 Å². The summed E-state index contributed by atoms with van der Waals surface area (Å²) in [6.07, 6.45) is 3.72. The normalized spacial score (nSPS) is 23.0. The van der Waals surface area contributed by atoms with Gasteiger partial charge >= 0.3 is 0 Å². The first-order valence-electron chi connectivity index (χ1n) is 7.96. The van der Waals surface area contributed by atoms with E-state index in [2.05, 4.69) is 35.1 Å². The molecule has 0 bridgehead atoms. The van der Waals surface area contributed by atoms with Gasteiger partial charge in [-0.15, -0.1) is 11.6 Å². The van der Waals surface area contributed by atoms with Crippen molar-refractivity contribution < 1.29 is 0 Å². The number of aromatic nitrogens is 4. The molecule has 5 heteroatoms. The second-order valence-corrected chi connectivity index (χ2v) is 7.58. The molecule has 0 spiro atoms. The van der Waals surface area contributed by atoms with Gasteiger partial charge in [-0.3, -0.25) is 0 Å². The smallest absolute Gasteiger partial charge is 0.159 e. The van der Waals surface area contributed by atoms with Crippen LogP contribution in [0.1, 0.15) is 69.9 Å². The molecule has 3 rings (SSSR count). The Morgan fingerprint density at radius 1 is 1.43 bits per heavy atom. The Balaban J connectivity index is 2.30. The molecule has 2 unspecified atom stereocenters. The molecule has 116 valence electrons. The van der Waals surface area contributed by atoms with Gasteiger partial charge in [0.2, 0.25) is 0 Å². The van der Waals surface area contributed by atoms with Crippen molar-refractivity contribution in [3.8, 4) is 0 Å². The number of hydrogen-bond donors (Lipinski definition) is 0. The highest BCUT2D eigenvalue weighted by atomic mass is 35.5. The molecule has 2 aromatic heterocycles. The predicted molar refractivity (Wildman–Crippen MR) is 86.9 cm³/mol. The molecular formula is C16H25ClN4. The van der Waals surface area contributed by atoms with Gasteiger partial charge in [-0.25, -0.2) is 9.67 Å². The van der Waals surface area contributed by atoms with Crippen molar-refractivity contribution in [3.63, 3.8) is 0 Å². The molecule has 0 N–H and O–H groups in total. The van der Waals surface area contributed by atoms with E-state index in [0.29, 0.717) is 6.04 Å². The second kappa shape index (κ2) is 5.01. The van der Waals surface area contributed by atoms with Crippen molar-refractivity contribution in [2.24, 2.45) is 5.41 Å². The van der Waals surface area contributed by atoms with E-state index in [4.69, 9.17) is 16.6 Å². The van der Waals surface area contributed by atoms with E-state index >= 15 is 0 Å². The van der Waals surface area contributed by atoms with Gasteiger partial charge in [0.05, 0.1) is 11.1 Å². The summed E-state index contributed by atoms with van der Waals surface area (Å²) in [4.78, 5) is 4.84. The van der Waals surface area contributed by atoms with Gasteiger partial charge in [-0.05, 0) is 39.0 Å². The molecule has 2 atom stereocenters. The first-order valence-corrected chi connectivity index (χ1v) is 8.39. The van der Waals surface area contributed by atoms with Crippen molar-refractivity contribution in [2.75, 3.05) is 0 Å². The summed E-state index contributed by atoms with van der Waals surface area (Å²) in [6.45, 7) is 11.8. The number of halogens is 1. The number of hydrogen-bond acceptors (Lipinski definition) is 2. The van der Waals surface area contributed by atoms with Crippen LogP contribution in [0.25, 0.3) is 11.2 Å². The van der Waals surface area contributed by atoms with Crippen LogP contribution in [-0.2, 0) is 6.54 Å². The van der Waals surface area contributed by atoms with Crippen LogP contribution in [0.5, 0.6) is 0 Å². The number of aryl methyl sites for hydroxylation is 2. The summed E-state index contributed by atoms with van der Waals surface area (Å²) in [6, 6.07) is 0.458. The van der Waals surface area contributed by atoms with E-state index < -0.39 is 0 Å². The molecule has 2 aromatic rings. The van der Waals surface area contributed by atoms with Crippen LogP contribution in [0.3, 0.4) is 0 Å². The molecule has 1 saturated carbocycles. The molecule has 1 fully saturated rings. The van der Waals surface area contributed by atoms with Crippen LogP contribution in [0.15, 0.2) is 0 Å². The fourth-order valence-electron chi connectivity index (χ4n) is 3.80. The zero-order valence-corrected chi connectivity index (χ0v) is 14.4.